The summed E-state index contributed by atoms with van der Waals surface area (Å²) < 4.78 is 11.3. The van der Waals surface area contributed by atoms with Crippen LogP contribution in [0.2, 0.25) is 5.02 Å². The Bertz CT molecular complexity index is 1640. The third kappa shape index (κ3) is 5.45. The highest BCUT2D eigenvalue weighted by molar-refractivity contribution is 6.34. The Morgan fingerprint density at radius 1 is 1.07 bits per heavy atom. The molecule has 2 heterocycles. The number of nitrogens with one attached hydrogen (secondary N) is 1. The number of carboxylic acids is 1. The molecule has 202 valence electrons. The molecule has 1 atom stereocenters. The van der Waals surface area contributed by atoms with Crippen molar-refractivity contribution < 1.29 is 28.6 Å². The number of ether oxygens (including phenoxy) is 1. The van der Waals surface area contributed by atoms with Gasteiger partial charge in [0.05, 0.1) is 34.9 Å². The van der Waals surface area contributed by atoms with E-state index in [-0.39, 0.29) is 34.4 Å². The van der Waals surface area contributed by atoms with Gasteiger partial charge >= 0.3 is 5.97 Å². The number of hydrogen-bond acceptors (Lipinski definition) is 6. The number of rotatable bonds is 8. The maximum Gasteiger partial charge on any atom is 0.335 e. The number of hydrogen-bond donors (Lipinski definition) is 2. The first-order valence-electron chi connectivity index (χ1n) is 12.3. The number of carbonyl (C=O) groups is 3. The Kier molecular flexibility index (Phi) is 7.39. The van der Waals surface area contributed by atoms with E-state index in [0.29, 0.717) is 39.9 Å². The van der Waals surface area contributed by atoms with E-state index in [1.54, 1.807) is 80.8 Å². The van der Waals surface area contributed by atoms with Gasteiger partial charge in [-0.15, -0.1) is 0 Å². The second-order valence-electron chi connectivity index (χ2n) is 9.15. The van der Waals surface area contributed by atoms with Gasteiger partial charge in [-0.2, -0.15) is 5.10 Å². The summed E-state index contributed by atoms with van der Waals surface area (Å²) in [5, 5.41) is 17.9. The van der Waals surface area contributed by atoms with Gasteiger partial charge in [-0.1, -0.05) is 17.7 Å². The molecule has 0 radical (unpaired) electrons. The van der Waals surface area contributed by atoms with Crippen LogP contribution in [0.1, 0.15) is 33.4 Å². The van der Waals surface area contributed by atoms with Crippen LogP contribution < -0.4 is 15.1 Å². The third-order valence-corrected chi connectivity index (χ3v) is 6.85. The number of hydrazone groups is 1. The first-order chi connectivity index (χ1) is 19.2. The van der Waals surface area contributed by atoms with Gasteiger partial charge in [-0.05, 0) is 73.7 Å². The molecule has 0 spiro atoms. The van der Waals surface area contributed by atoms with E-state index < -0.39 is 11.9 Å². The summed E-state index contributed by atoms with van der Waals surface area (Å²) in [6, 6.07) is 21.5. The predicted molar refractivity (Wildman–Crippen MR) is 151 cm³/mol. The number of nitrogens with zero attached hydrogens (tertiary/aromatic N) is 2. The summed E-state index contributed by atoms with van der Waals surface area (Å²) in [5.74, 6) is -0.496. The summed E-state index contributed by atoms with van der Waals surface area (Å²) in [5.41, 5.74) is 2.72. The lowest BCUT2D eigenvalue weighted by Gasteiger charge is -2.14. The summed E-state index contributed by atoms with van der Waals surface area (Å²) in [6.45, 7) is 1.77. The largest absolute Gasteiger partial charge is 0.497 e. The minimum Gasteiger partial charge on any atom is -0.497 e. The molecule has 4 aromatic rings. The summed E-state index contributed by atoms with van der Waals surface area (Å²) in [7, 11) is 1.55. The smallest absolute Gasteiger partial charge is 0.335 e. The number of benzene rings is 3. The highest BCUT2D eigenvalue weighted by Gasteiger charge is 2.35. The summed E-state index contributed by atoms with van der Waals surface area (Å²) >= 11 is 6.34. The lowest BCUT2D eigenvalue weighted by Crippen LogP contribution is -2.28. The molecule has 5 rings (SSSR count). The van der Waals surface area contributed by atoms with Gasteiger partial charge in [0.1, 0.15) is 17.3 Å². The molecule has 1 aliphatic heterocycles. The Labute approximate surface area is 234 Å². The first-order valence-corrected chi connectivity index (χ1v) is 12.7. The van der Waals surface area contributed by atoms with E-state index in [2.05, 4.69) is 10.4 Å². The molecule has 2 N–H and O–H groups in total. The van der Waals surface area contributed by atoms with Gasteiger partial charge in [-0.3, -0.25) is 9.59 Å². The van der Waals surface area contributed by atoms with Gasteiger partial charge in [0.2, 0.25) is 0 Å². The highest BCUT2D eigenvalue weighted by atomic mass is 35.5. The van der Waals surface area contributed by atoms with Crippen molar-refractivity contribution in [2.75, 3.05) is 17.4 Å². The van der Waals surface area contributed by atoms with Crippen LogP contribution in [-0.2, 0) is 11.2 Å². The zero-order valence-electron chi connectivity index (χ0n) is 21.6. The van der Waals surface area contributed by atoms with Gasteiger partial charge in [0.25, 0.3) is 11.8 Å². The Morgan fingerprint density at radius 2 is 1.85 bits per heavy atom. The minimum atomic E-state index is -1.05. The molecule has 0 saturated heterocycles. The highest BCUT2D eigenvalue weighted by Crippen LogP contribution is 2.31. The topological polar surface area (TPSA) is 121 Å². The second-order valence-corrected chi connectivity index (χ2v) is 9.55. The van der Waals surface area contributed by atoms with E-state index in [1.807, 2.05) is 0 Å². The Hall–Kier alpha value is -4.89. The van der Waals surface area contributed by atoms with E-state index in [1.165, 1.54) is 17.1 Å². The van der Waals surface area contributed by atoms with Gasteiger partial charge in [0.15, 0.2) is 0 Å². The van der Waals surface area contributed by atoms with Crippen LogP contribution in [0.5, 0.6) is 5.75 Å². The molecular weight excluding hydrogens is 534 g/mol. The molecule has 1 aliphatic rings. The zero-order valence-corrected chi connectivity index (χ0v) is 22.3. The maximum atomic E-state index is 13.2. The van der Waals surface area contributed by atoms with Gasteiger partial charge in [-0.25, -0.2) is 9.80 Å². The molecular formula is C30H24ClN3O6. The molecule has 0 bridgehead atoms. The number of halogens is 1. The van der Waals surface area contributed by atoms with E-state index in [0.717, 1.165) is 0 Å². The van der Waals surface area contributed by atoms with E-state index >= 15 is 0 Å². The number of carbonyl (C=O) groups excluding carboxylic acids is 2. The lowest BCUT2D eigenvalue weighted by molar-refractivity contribution is -0.119. The van der Waals surface area contributed by atoms with Crippen LogP contribution in [0.15, 0.2) is 88.4 Å². The predicted octanol–water partition coefficient (Wildman–Crippen LogP) is 6.14. The zero-order chi connectivity index (χ0) is 28.4. The van der Waals surface area contributed by atoms with Crippen LogP contribution in [0.3, 0.4) is 0 Å². The van der Waals surface area contributed by atoms with Crippen LogP contribution in [0.25, 0.3) is 11.3 Å². The van der Waals surface area contributed by atoms with Crippen LogP contribution in [-0.4, -0.2) is 35.7 Å². The number of furan rings is 1. The third-order valence-electron chi connectivity index (χ3n) is 6.52. The van der Waals surface area contributed by atoms with E-state index in [4.69, 9.17) is 25.9 Å². The van der Waals surface area contributed by atoms with Crippen LogP contribution >= 0.6 is 11.6 Å². The quantitative estimate of drug-likeness (QED) is 0.268. The van der Waals surface area contributed by atoms with Crippen molar-refractivity contribution in [3.63, 3.8) is 0 Å². The second kappa shape index (κ2) is 11.1. The monoisotopic (exact) mass is 557 g/mol. The lowest BCUT2D eigenvalue weighted by atomic mass is 9.99. The van der Waals surface area contributed by atoms with Crippen LogP contribution in [0.4, 0.5) is 11.4 Å². The average Bonchev–Trinajstić information content (AvgIpc) is 3.53. The number of amides is 2. The number of aromatic carboxylic acids is 1. The molecule has 0 fully saturated rings. The Morgan fingerprint density at radius 3 is 2.58 bits per heavy atom. The number of anilines is 2. The average molecular weight is 558 g/mol. The first kappa shape index (κ1) is 26.7. The SMILES string of the molecule is COc1cccc(NC(=O)c2cc(-c3ccc(CC4C(=O)N(c5ccc(C(=O)O)cc5)N=C4C)o3)ccc2Cl)c1. The number of carboxylic acid groups (broad SMARTS) is 1. The van der Waals surface area contributed by atoms with E-state index in [9.17, 15) is 14.4 Å². The van der Waals surface area contributed by atoms with Crippen molar-refractivity contribution in [1.29, 1.82) is 0 Å². The molecule has 10 heteroatoms. The summed E-state index contributed by atoms with van der Waals surface area (Å²) in [6.07, 6.45) is 0.286. The van der Waals surface area contributed by atoms with Crippen molar-refractivity contribution in [2.45, 2.75) is 13.3 Å². The van der Waals surface area contributed by atoms with Crippen molar-refractivity contribution in [1.82, 2.24) is 0 Å². The Balaban J connectivity index is 1.30. The number of methoxy groups -OCH3 is 1. The summed E-state index contributed by atoms with van der Waals surface area (Å²) in [4.78, 5) is 37.2. The van der Waals surface area contributed by atoms with Crippen LogP contribution in [0, 0.1) is 5.92 Å². The maximum absolute atomic E-state index is 13.2. The normalized spacial score (nSPS) is 14.7. The molecule has 1 aromatic heterocycles. The van der Waals surface area contributed by atoms with Crippen molar-refractivity contribution >= 4 is 46.5 Å². The fourth-order valence-corrected chi connectivity index (χ4v) is 4.57. The van der Waals surface area contributed by atoms with Gasteiger partial charge in [0, 0.05) is 29.4 Å². The standard InChI is InChI=1S/C30H24ClN3O6/c1-17-24(29(36)34(33-17)21-9-6-18(7-10-21)30(37)38)16-23-11-13-27(40-23)19-8-12-26(31)25(14-19)28(35)32-20-4-3-5-22(15-20)39-2/h3-15,24H,16H2,1-2H3,(H,32,35)(H,37,38). The molecule has 9 nitrogen and oxygen atoms in total. The molecule has 40 heavy (non-hydrogen) atoms. The molecule has 0 aliphatic carbocycles. The fraction of sp³-hybridized carbons (Fsp3) is 0.133. The molecule has 2 amide bonds. The van der Waals surface area contributed by atoms with Crippen molar-refractivity contribution in [3.8, 4) is 17.1 Å². The van der Waals surface area contributed by atoms with Crippen molar-refractivity contribution in [2.24, 2.45) is 11.0 Å². The fourth-order valence-electron chi connectivity index (χ4n) is 4.36. The molecule has 3 aromatic carbocycles. The van der Waals surface area contributed by atoms with Gasteiger partial charge < -0.3 is 19.6 Å². The van der Waals surface area contributed by atoms with Crippen molar-refractivity contribution in [3.05, 3.63) is 101 Å². The molecule has 0 saturated carbocycles. The minimum absolute atomic E-state index is 0.124. The molecule has 1 unspecified atom stereocenters.